The summed E-state index contributed by atoms with van der Waals surface area (Å²) in [5, 5.41) is 0. The van der Waals surface area contributed by atoms with E-state index >= 15 is 4.39 Å². The molecule has 2 atom stereocenters. The SMILES string of the molecule is CC1C=CC(/C=C/C2CCC(COc3ccc(C4CCC(C)CC4)c(F)c3C(F)F)CC2)CC1. The van der Waals surface area contributed by atoms with Crippen molar-refractivity contribution in [1.29, 1.82) is 0 Å². The van der Waals surface area contributed by atoms with Gasteiger partial charge in [0.25, 0.3) is 6.43 Å². The van der Waals surface area contributed by atoms with E-state index in [2.05, 4.69) is 38.2 Å². The third-order valence-corrected chi connectivity index (χ3v) is 8.48. The van der Waals surface area contributed by atoms with Crippen LogP contribution < -0.4 is 4.74 Å². The number of hydrogen-bond donors (Lipinski definition) is 0. The zero-order valence-corrected chi connectivity index (χ0v) is 20.8. The molecule has 0 spiro atoms. The van der Waals surface area contributed by atoms with Crippen LogP contribution in [0.15, 0.2) is 36.4 Å². The Labute approximate surface area is 203 Å². The summed E-state index contributed by atoms with van der Waals surface area (Å²) < 4.78 is 48.7. The fourth-order valence-corrected chi connectivity index (χ4v) is 6.00. The van der Waals surface area contributed by atoms with E-state index < -0.39 is 17.8 Å². The second-order valence-electron chi connectivity index (χ2n) is 11.2. The minimum Gasteiger partial charge on any atom is -0.493 e. The maximum Gasteiger partial charge on any atom is 0.270 e. The molecule has 2 fully saturated rings. The molecule has 0 amide bonds. The Morgan fingerprint density at radius 3 is 2.26 bits per heavy atom. The summed E-state index contributed by atoms with van der Waals surface area (Å²) in [6.07, 6.45) is 17.1. The van der Waals surface area contributed by atoms with Gasteiger partial charge < -0.3 is 4.74 Å². The van der Waals surface area contributed by atoms with Crippen molar-refractivity contribution in [1.82, 2.24) is 0 Å². The maximum atomic E-state index is 15.2. The highest BCUT2D eigenvalue weighted by Gasteiger charge is 2.29. The Morgan fingerprint density at radius 1 is 0.882 bits per heavy atom. The summed E-state index contributed by atoms with van der Waals surface area (Å²) in [6, 6.07) is 3.28. The smallest absolute Gasteiger partial charge is 0.270 e. The molecule has 3 aliphatic carbocycles. The first-order chi connectivity index (χ1) is 16.4. The zero-order chi connectivity index (χ0) is 24.1. The second-order valence-corrected chi connectivity index (χ2v) is 11.2. The lowest BCUT2D eigenvalue weighted by molar-refractivity contribution is 0.133. The van der Waals surface area contributed by atoms with Crippen LogP contribution >= 0.6 is 0 Å². The molecule has 0 bridgehead atoms. The van der Waals surface area contributed by atoms with Crippen LogP contribution in [0.2, 0.25) is 0 Å². The average molecular weight is 475 g/mol. The minimum absolute atomic E-state index is 0.0285. The van der Waals surface area contributed by atoms with E-state index in [1.54, 1.807) is 12.1 Å². The molecule has 1 aromatic rings. The molecule has 0 N–H and O–H groups in total. The van der Waals surface area contributed by atoms with Crippen LogP contribution in [0.4, 0.5) is 13.2 Å². The summed E-state index contributed by atoms with van der Waals surface area (Å²) in [7, 11) is 0. The van der Waals surface area contributed by atoms with Crippen molar-refractivity contribution in [2.45, 2.75) is 90.4 Å². The van der Waals surface area contributed by atoms with E-state index in [9.17, 15) is 8.78 Å². The van der Waals surface area contributed by atoms with Gasteiger partial charge in [0.05, 0.1) is 12.2 Å². The largest absolute Gasteiger partial charge is 0.493 e. The van der Waals surface area contributed by atoms with Gasteiger partial charge in [0.2, 0.25) is 0 Å². The molecule has 1 aromatic carbocycles. The zero-order valence-electron chi connectivity index (χ0n) is 20.8. The summed E-state index contributed by atoms with van der Waals surface area (Å²) in [5.41, 5.74) is -0.0910. The normalized spacial score (nSPS) is 32.4. The Kier molecular flexibility index (Phi) is 8.82. The maximum absolute atomic E-state index is 15.2. The van der Waals surface area contributed by atoms with Gasteiger partial charge in [0, 0.05) is 0 Å². The molecule has 34 heavy (non-hydrogen) atoms. The predicted octanol–water partition coefficient (Wildman–Crippen LogP) is 9.40. The first-order valence-electron chi connectivity index (χ1n) is 13.5. The van der Waals surface area contributed by atoms with Crippen molar-refractivity contribution >= 4 is 0 Å². The van der Waals surface area contributed by atoms with Gasteiger partial charge in [-0.05, 0) is 98.5 Å². The molecule has 188 valence electrons. The van der Waals surface area contributed by atoms with Gasteiger partial charge in [-0.15, -0.1) is 0 Å². The lowest BCUT2D eigenvalue weighted by Crippen LogP contribution is -2.20. The number of alkyl halides is 2. The van der Waals surface area contributed by atoms with Crippen molar-refractivity contribution in [2.24, 2.45) is 29.6 Å². The number of hydrogen-bond acceptors (Lipinski definition) is 1. The minimum atomic E-state index is -2.87. The molecule has 4 rings (SSSR count). The molecule has 3 aliphatic rings. The molecule has 2 saturated carbocycles. The first-order valence-corrected chi connectivity index (χ1v) is 13.5. The Morgan fingerprint density at radius 2 is 1.62 bits per heavy atom. The van der Waals surface area contributed by atoms with E-state index in [0.29, 0.717) is 41.8 Å². The molecule has 2 unspecified atom stereocenters. The average Bonchev–Trinajstić information content (AvgIpc) is 2.83. The van der Waals surface area contributed by atoms with Crippen molar-refractivity contribution in [2.75, 3.05) is 6.61 Å². The molecule has 4 heteroatoms. The van der Waals surface area contributed by atoms with Crippen LogP contribution in [-0.4, -0.2) is 6.61 Å². The molecular weight excluding hydrogens is 433 g/mol. The van der Waals surface area contributed by atoms with Crippen molar-refractivity contribution in [3.8, 4) is 5.75 Å². The number of benzene rings is 1. The highest BCUT2D eigenvalue weighted by molar-refractivity contribution is 5.41. The fraction of sp³-hybridized carbons (Fsp3) is 0.667. The van der Waals surface area contributed by atoms with Crippen molar-refractivity contribution in [3.05, 3.63) is 53.4 Å². The summed E-state index contributed by atoms with van der Waals surface area (Å²) in [5.74, 6) is 2.16. The van der Waals surface area contributed by atoms with E-state index in [-0.39, 0.29) is 11.7 Å². The van der Waals surface area contributed by atoms with Crippen molar-refractivity contribution < 1.29 is 17.9 Å². The van der Waals surface area contributed by atoms with Gasteiger partial charge in [-0.1, -0.05) is 57.1 Å². The Balaban J connectivity index is 1.30. The topological polar surface area (TPSA) is 9.23 Å². The molecule has 0 aliphatic heterocycles. The number of rotatable bonds is 7. The highest BCUT2D eigenvalue weighted by atomic mass is 19.3. The molecular formula is C30H41F3O. The summed E-state index contributed by atoms with van der Waals surface area (Å²) in [4.78, 5) is 0. The lowest BCUT2D eigenvalue weighted by Gasteiger charge is -2.29. The Hall–Kier alpha value is -1.71. The third kappa shape index (κ3) is 6.49. The standard InChI is InChI=1S/C30H41F3O/c1-20-3-7-22(8-4-20)9-10-23-11-13-24(14-12-23)19-34-27-18-17-26(29(31)28(27)30(32)33)25-15-5-21(2)6-16-25/h3,7,9-10,17-18,20-25,30H,4-6,8,11-16,19H2,1-2H3/b10-9+. The van der Waals surface area contributed by atoms with Crippen LogP contribution in [0.5, 0.6) is 5.75 Å². The van der Waals surface area contributed by atoms with Crippen molar-refractivity contribution in [3.63, 3.8) is 0 Å². The van der Waals surface area contributed by atoms with Crippen LogP contribution in [0.3, 0.4) is 0 Å². The van der Waals surface area contributed by atoms with Crippen LogP contribution in [0.1, 0.15) is 102 Å². The number of halogens is 3. The van der Waals surface area contributed by atoms with E-state index in [4.69, 9.17) is 4.74 Å². The monoisotopic (exact) mass is 474 g/mol. The summed E-state index contributed by atoms with van der Waals surface area (Å²) in [6.45, 7) is 4.86. The molecule has 1 nitrogen and oxygen atoms in total. The predicted molar refractivity (Wildman–Crippen MR) is 133 cm³/mol. The molecule has 0 heterocycles. The second kappa shape index (κ2) is 11.8. The van der Waals surface area contributed by atoms with Gasteiger partial charge in [0.15, 0.2) is 0 Å². The molecule has 0 radical (unpaired) electrons. The third-order valence-electron chi connectivity index (χ3n) is 8.48. The quantitative estimate of drug-likeness (QED) is 0.358. The van der Waals surface area contributed by atoms with Crippen LogP contribution in [0, 0.1) is 35.4 Å². The summed E-state index contributed by atoms with van der Waals surface area (Å²) >= 11 is 0. The van der Waals surface area contributed by atoms with Crippen LogP contribution in [0.25, 0.3) is 0 Å². The lowest BCUT2D eigenvalue weighted by atomic mass is 9.79. The first kappa shape index (κ1) is 25.4. The van der Waals surface area contributed by atoms with E-state index in [1.165, 1.54) is 12.8 Å². The van der Waals surface area contributed by atoms with Crippen LogP contribution in [-0.2, 0) is 0 Å². The van der Waals surface area contributed by atoms with Gasteiger partial charge in [-0.25, -0.2) is 13.2 Å². The number of allylic oxidation sites excluding steroid dienone is 4. The van der Waals surface area contributed by atoms with Gasteiger partial charge >= 0.3 is 0 Å². The number of ether oxygens (including phenoxy) is 1. The van der Waals surface area contributed by atoms with Gasteiger partial charge in [0.1, 0.15) is 11.6 Å². The highest BCUT2D eigenvalue weighted by Crippen LogP contribution is 2.41. The van der Waals surface area contributed by atoms with E-state index in [1.807, 2.05) is 0 Å². The fourth-order valence-electron chi connectivity index (χ4n) is 6.00. The van der Waals surface area contributed by atoms with Gasteiger partial charge in [-0.3, -0.25) is 0 Å². The molecule has 0 saturated heterocycles. The van der Waals surface area contributed by atoms with E-state index in [0.717, 1.165) is 51.4 Å². The Bertz CT molecular complexity index is 845. The van der Waals surface area contributed by atoms with Gasteiger partial charge in [-0.2, -0.15) is 0 Å². The molecule has 0 aromatic heterocycles.